The Bertz CT molecular complexity index is 989. The summed E-state index contributed by atoms with van der Waals surface area (Å²) in [7, 11) is 0. The van der Waals surface area contributed by atoms with Gasteiger partial charge in [-0.15, -0.1) is 10.1 Å². The van der Waals surface area contributed by atoms with E-state index in [0.717, 1.165) is 11.4 Å². The molecule has 10 heteroatoms. The van der Waals surface area contributed by atoms with Gasteiger partial charge in [-0.3, -0.25) is 4.98 Å². The van der Waals surface area contributed by atoms with Crippen LogP contribution in [0.4, 0.5) is 0 Å². The molecule has 1 heterocycles. The van der Waals surface area contributed by atoms with E-state index in [1.165, 1.54) is 24.3 Å². The summed E-state index contributed by atoms with van der Waals surface area (Å²) >= 11 is 0. The molecule has 0 unspecified atom stereocenters. The number of carbonyl (C=O) groups is 2. The van der Waals surface area contributed by atoms with Gasteiger partial charge in [-0.1, -0.05) is 6.07 Å². The highest BCUT2D eigenvalue weighted by Gasteiger charge is 2.10. The van der Waals surface area contributed by atoms with Gasteiger partial charge in [0.15, 0.2) is 0 Å². The van der Waals surface area contributed by atoms with Gasteiger partial charge in [0.2, 0.25) is 0 Å². The summed E-state index contributed by atoms with van der Waals surface area (Å²) in [4.78, 5) is 47.2. The number of esters is 2. The number of aryl methyl sites for hydroxylation is 3. The largest absolute Gasteiger partial charge is 0.462 e. The molecule has 0 radical (unpaired) electrons. The van der Waals surface area contributed by atoms with E-state index in [9.17, 15) is 19.7 Å². The lowest BCUT2D eigenvalue weighted by atomic mass is 10.2. The number of carbonyl (C=O) groups excluding carboxylic acids is 2. The van der Waals surface area contributed by atoms with Crippen LogP contribution < -0.4 is 4.74 Å². The first kappa shape index (κ1) is 23.5. The van der Waals surface area contributed by atoms with Crippen LogP contribution in [0.5, 0.6) is 5.75 Å². The zero-order valence-electron chi connectivity index (χ0n) is 17.5. The topological polar surface area (TPSA) is 131 Å². The molecule has 0 bridgehead atoms. The molecule has 0 aliphatic rings. The second-order valence-corrected chi connectivity index (χ2v) is 6.55. The minimum atomic E-state index is -0.871. The Labute approximate surface area is 179 Å². The van der Waals surface area contributed by atoms with Crippen LogP contribution in [-0.2, 0) is 14.4 Å². The summed E-state index contributed by atoms with van der Waals surface area (Å²) in [5.41, 5.74) is 3.08. The highest BCUT2D eigenvalue weighted by atomic mass is 16.9. The average Bonchev–Trinajstić information content (AvgIpc) is 2.72. The fraction of sp³-hybridized carbons (Fsp3) is 0.333. The summed E-state index contributed by atoms with van der Waals surface area (Å²) in [6.07, 6.45) is 3.56. The predicted molar refractivity (Wildman–Crippen MR) is 110 cm³/mol. The Kier molecular flexibility index (Phi) is 8.62. The van der Waals surface area contributed by atoms with Crippen molar-refractivity contribution in [2.75, 3.05) is 13.2 Å². The second kappa shape index (κ2) is 11.4. The SMILES string of the molecule is Cc1nc(C)c(/C=C/C(=O)Oc2cccc(C(=O)OCCCCO[N+](=O)[O-])c2)nc1C. The van der Waals surface area contributed by atoms with E-state index in [1.807, 2.05) is 13.8 Å². The molecule has 0 atom stereocenters. The molecule has 0 fully saturated rings. The summed E-state index contributed by atoms with van der Waals surface area (Å²) in [5.74, 6) is -1.04. The first-order chi connectivity index (χ1) is 14.8. The molecule has 2 rings (SSSR count). The van der Waals surface area contributed by atoms with Crippen molar-refractivity contribution < 1.29 is 29.0 Å². The van der Waals surface area contributed by atoms with Crippen LogP contribution in [-0.4, -0.2) is 40.2 Å². The van der Waals surface area contributed by atoms with Crippen molar-refractivity contribution in [3.8, 4) is 5.75 Å². The van der Waals surface area contributed by atoms with Crippen molar-refractivity contribution in [3.63, 3.8) is 0 Å². The first-order valence-electron chi connectivity index (χ1n) is 9.52. The summed E-state index contributed by atoms with van der Waals surface area (Å²) in [6, 6.07) is 6.02. The number of nitrogens with zero attached hydrogens (tertiary/aromatic N) is 3. The van der Waals surface area contributed by atoms with Gasteiger partial charge in [0, 0.05) is 6.08 Å². The summed E-state index contributed by atoms with van der Waals surface area (Å²) in [6.45, 7) is 5.52. The Morgan fingerprint density at radius 3 is 2.52 bits per heavy atom. The average molecular weight is 429 g/mol. The fourth-order valence-corrected chi connectivity index (χ4v) is 2.47. The van der Waals surface area contributed by atoms with Crippen LogP contribution in [0.1, 0.15) is 46.0 Å². The minimum absolute atomic E-state index is 0.0588. The predicted octanol–water partition coefficient (Wildman–Crippen LogP) is 3.17. The monoisotopic (exact) mass is 429 g/mol. The van der Waals surface area contributed by atoms with Gasteiger partial charge in [0.25, 0.3) is 5.09 Å². The van der Waals surface area contributed by atoms with Gasteiger partial charge in [-0.25, -0.2) is 14.6 Å². The third-order valence-corrected chi connectivity index (χ3v) is 4.15. The van der Waals surface area contributed by atoms with Gasteiger partial charge >= 0.3 is 11.9 Å². The number of rotatable bonds is 10. The lowest BCUT2D eigenvalue weighted by Crippen LogP contribution is -2.09. The zero-order chi connectivity index (χ0) is 22.8. The maximum atomic E-state index is 12.1. The van der Waals surface area contributed by atoms with Crippen molar-refractivity contribution >= 4 is 18.0 Å². The minimum Gasteiger partial charge on any atom is -0.462 e. The molecular formula is C21H23N3O7. The Hall–Kier alpha value is -3.82. The van der Waals surface area contributed by atoms with E-state index in [4.69, 9.17) is 9.47 Å². The van der Waals surface area contributed by atoms with Gasteiger partial charge < -0.3 is 14.3 Å². The second-order valence-electron chi connectivity index (χ2n) is 6.55. The third kappa shape index (κ3) is 7.84. The van der Waals surface area contributed by atoms with Crippen molar-refractivity contribution in [1.29, 1.82) is 0 Å². The van der Waals surface area contributed by atoms with Crippen LogP contribution in [0, 0.1) is 30.9 Å². The zero-order valence-corrected chi connectivity index (χ0v) is 17.5. The van der Waals surface area contributed by atoms with Crippen LogP contribution >= 0.6 is 0 Å². The smallest absolute Gasteiger partial charge is 0.338 e. The van der Waals surface area contributed by atoms with E-state index in [0.29, 0.717) is 24.2 Å². The quantitative estimate of drug-likeness (QED) is 0.139. The fourth-order valence-electron chi connectivity index (χ4n) is 2.47. The molecule has 0 amide bonds. The molecule has 164 valence electrons. The molecule has 0 N–H and O–H groups in total. The van der Waals surface area contributed by atoms with Gasteiger partial charge in [-0.05, 0) is 57.9 Å². The maximum Gasteiger partial charge on any atom is 0.338 e. The van der Waals surface area contributed by atoms with Crippen LogP contribution in [0.25, 0.3) is 6.08 Å². The molecule has 10 nitrogen and oxygen atoms in total. The number of unbranched alkanes of at least 4 members (excludes halogenated alkanes) is 1. The van der Waals surface area contributed by atoms with E-state index in [2.05, 4.69) is 14.8 Å². The molecule has 0 saturated heterocycles. The Balaban J connectivity index is 1.88. The number of hydrogen-bond donors (Lipinski definition) is 0. The van der Waals surface area contributed by atoms with Gasteiger partial charge in [0.05, 0.1) is 41.6 Å². The molecular weight excluding hydrogens is 406 g/mol. The lowest BCUT2D eigenvalue weighted by molar-refractivity contribution is -0.757. The number of aromatic nitrogens is 2. The molecule has 0 aliphatic carbocycles. The van der Waals surface area contributed by atoms with Gasteiger partial charge in [0.1, 0.15) is 5.75 Å². The number of hydrogen-bond acceptors (Lipinski definition) is 9. The molecule has 1 aromatic carbocycles. The van der Waals surface area contributed by atoms with Crippen LogP contribution in [0.15, 0.2) is 30.3 Å². The molecule has 2 aromatic rings. The van der Waals surface area contributed by atoms with E-state index in [1.54, 1.807) is 19.1 Å². The van der Waals surface area contributed by atoms with E-state index in [-0.39, 0.29) is 24.5 Å². The van der Waals surface area contributed by atoms with E-state index >= 15 is 0 Å². The molecule has 0 aliphatic heterocycles. The Morgan fingerprint density at radius 1 is 1.06 bits per heavy atom. The van der Waals surface area contributed by atoms with Crippen LogP contribution in [0.2, 0.25) is 0 Å². The van der Waals surface area contributed by atoms with Crippen molar-refractivity contribution in [3.05, 3.63) is 68.8 Å². The standard InChI is InChI=1S/C21H23N3O7/c1-14-15(2)23-19(16(3)22-14)9-10-20(25)31-18-8-6-7-17(13-18)21(26)29-11-4-5-12-30-24(27)28/h6-10,13H,4-5,11-12H2,1-3H3/b10-9+. The molecule has 31 heavy (non-hydrogen) atoms. The van der Waals surface area contributed by atoms with Crippen molar-refractivity contribution in [2.45, 2.75) is 33.6 Å². The maximum absolute atomic E-state index is 12.1. The normalized spacial score (nSPS) is 10.7. The van der Waals surface area contributed by atoms with Gasteiger partial charge in [-0.2, -0.15) is 0 Å². The number of ether oxygens (including phenoxy) is 2. The summed E-state index contributed by atoms with van der Waals surface area (Å²) in [5, 5.41) is 9.17. The number of benzene rings is 1. The third-order valence-electron chi connectivity index (χ3n) is 4.15. The van der Waals surface area contributed by atoms with E-state index < -0.39 is 17.0 Å². The lowest BCUT2D eigenvalue weighted by Gasteiger charge is -2.07. The first-order valence-corrected chi connectivity index (χ1v) is 9.52. The molecule has 1 aromatic heterocycles. The Morgan fingerprint density at radius 2 is 1.77 bits per heavy atom. The van der Waals surface area contributed by atoms with Crippen molar-refractivity contribution in [1.82, 2.24) is 9.97 Å². The van der Waals surface area contributed by atoms with Crippen molar-refractivity contribution in [2.24, 2.45) is 0 Å². The van der Waals surface area contributed by atoms with Crippen LogP contribution in [0.3, 0.4) is 0 Å². The summed E-state index contributed by atoms with van der Waals surface area (Å²) < 4.78 is 10.3. The highest BCUT2D eigenvalue weighted by Crippen LogP contribution is 2.15. The molecule has 0 spiro atoms. The highest BCUT2D eigenvalue weighted by molar-refractivity contribution is 5.91. The molecule has 0 saturated carbocycles.